The fourth-order valence-electron chi connectivity index (χ4n) is 3.32. The number of ether oxygens (including phenoxy) is 3. The van der Waals surface area contributed by atoms with Gasteiger partial charge in [-0.2, -0.15) is 5.10 Å². The van der Waals surface area contributed by atoms with Crippen LogP contribution in [-0.4, -0.2) is 55.4 Å². The quantitative estimate of drug-likeness (QED) is 0.502. The SMILES string of the molecule is COC(=O)CSCC(=O)N1N=C(c2ccc(Br)cc2)C[C@@H]1c1cccc(OC)c1OC. The third kappa shape index (κ3) is 5.40. The molecule has 1 aliphatic rings. The molecule has 1 atom stereocenters. The van der Waals surface area contributed by atoms with Crippen molar-refractivity contribution < 1.29 is 23.8 Å². The Balaban J connectivity index is 1.92. The zero-order chi connectivity index (χ0) is 22.4. The Hall–Kier alpha value is -2.52. The summed E-state index contributed by atoms with van der Waals surface area (Å²) in [6.07, 6.45) is 0.526. The summed E-state index contributed by atoms with van der Waals surface area (Å²) in [5, 5.41) is 6.14. The van der Waals surface area contributed by atoms with Gasteiger partial charge >= 0.3 is 5.97 Å². The van der Waals surface area contributed by atoms with Gasteiger partial charge in [-0.15, -0.1) is 11.8 Å². The number of para-hydroxylation sites is 1. The minimum atomic E-state index is -0.371. The summed E-state index contributed by atoms with van der Waals surface area (Å²) in [5.41, 5.74) is 2.55. The molecule has 0 fully saturated rings. The van der Waals surface area contributed by atoms with Gasteiger partial charge in [-0.1, -0.05) is 40.2 Å². The Morgan fingerprint density at radius 1 is 1.10 bits per heavy atom. The van der Waals surface area contributed by atoms with Crippen LogP contribution in [0.25, 0.3) is 0 Å². The number of carbonyl (C=O) groups excluding carboxylic acids is 2. The molecule has 0 saturated carbocycles. The average molecular weight is 507 g/mol. The summed E-state index contributed by atoms with van der Waals surface area (Å²) in [5.74, 6) is 0.800. The van der Waals surface area contributed by atoms with Gasteiger partial charge in [0.15, 0.2) is 11.5 Å². The maximum absolute atomic E-state index is 13.1. The molecule has 7 nitrogen and oxygen atoms in total. The lowest BCUT2D eigenvalue weighted by Crippen LogP contribution is -2.29. The van der Waals surface area contributed by atoms with E-state index < -0.39 is 0 Å². The van der Waals surface area contributed by atoms with Crippen molar-refractivity contribution in [1.82, 2.24) is 5.01 Å². The van der Waals surface area contributed by atoms with Crippen molar-refractivity contribution in [1.29, 1.82) is 0 Å². The number of methoxy groups -OCH3 is 3. The lowest BCUT2D eigenvalue weighted by molar-refractivity contribution is -0.137. The molecule has 1 aliphatic heterocycles. The minimum absolute atomic E-state index is 0.104. The van der Waals surface area contributed by atoms with Crippen molar-refractivity contribution in [3.05, 3.63) is 58.1 Å². The molecule has 2 aromatic rings. The summed E-state index contributed by atoms with van der Waals surface area (Å²) in [4.78, 5) is 24.4. The number of amides is 1. The first-order valence-corrected chi connectivity index (χ1v) is 11.4. The Bertz CT molecular complexity index is 980. The Morgan fingerprint density at radius 2 is 1.84 bits per heavy atom. The van der Waals surface area contributed by atoms with E-state index in [4.69, 9.17) is 9.47 Å². The van der Waals surface area contributed by atoms with Crippen molar-refractivity contribution in [3.8, 4) is 11.5 Å². The van der Waals surface area contributed by atoms with Gasteiger partial charge < -0.3 is 14.2 Å². The van der Waals surface area contributed by atoms with E-state index in [-0.39, 0.29) is 29.4 Å². The number of benzene rings is 2. The number of rotatable bonds is 8. The van der Waals surface area contributed by atoms with Gasteiger partial charge in [-0.05, 0) is 23.8 Å². The van der Waals surface area contributed by atoms with Crippen LogP contribution < -0.4 is 9.47 Å². The van der Waals surface area contributed by atoms with E-state index in [9.17, 15) is 9.59 Å². The van der Waals surface area contributed by atoms with Crippen LogP contribution in [0.15, 0.2) is 52.0 Å². The van der Waals surface area contributed by atoms with Gasteiger partial charge in [-0.25, -0.2) is 5.01 Å². The maximum Gasteiger partial charge on any atom is 0.315 e. The molecule has 0 aromatic heterocycles. The van der Waals surface area contributed by atoms with Crippen LogP contribution in [0, 0.1) is 0 Å². The van der Waals surface area contributed by atoms with Gasteiger partial charge in [0.25, 0.3) is 5.91 Å². The molecule has 1 amide bonds. The van der Waals surface area contributed by atoms with E-state index in [1.807, 2.05) is 42.5 Å². The lowest BCUT2D eigenvalue weighted by atomic mass is 9.97. The maximum atomic E-state index is 13.1. The highest BCUT2D eigenvalue weighted by Crippen LogP contribution is 2.41. The summed E-state index contributed by atoms with van der Waals surface area (Å²) < 4.78 is 16.6. The number of halogens is 1. The first kappa shape index (κ1) is 23.1. The normalized spacial score (nSPS) is 15.4. The third-order valence-electron chi connectivity index (χ3n) is 4.81. The average Bonchev–Trinajstić information content (AvgIpc) is 3.24. The third-order valence-corrected chi connectivity index (χ3v) is 6.23. The molecule has 3 rings (SSSR count). The van der Waals surface area contributed by atoms with E-state index in [0.29, 0.717) is 17.9 Å². The highest BCUT2D eigenvalue weighted by Gasteiger charge is 2.35. The topological polar surface area (TPSA) is 77.4 Å². The van der Waals surface area contributed by atoms with Crippen LogP contribution in [0.4, 0.5) is 0 Å². The van der Waals surface area contributed by atoms with Crippen molar-refractivity contribution in [2.45, 2.75) is 12.5 Å². The molecule has 0 aliphatic carbocycles. The summed E-state index contributed by atoms with van der Waals surface area (Å²) in [6, 6.07) is 13.0. The number of thioether (sulfide) groups is 1. The summed E-state index contributed by atoms with van der Waals surface area (Å²) in [7, 11) is 4.47. The predicted octanol–water partition coefficient (Wildman–Crippen LogP) is 4.05. The lowest BCUT2D eigenvalue weighted by Gasteiger charge is -2.24. The Labute approximate surface area is 193 Å². The zero-order valence-corrected chi connectivity index (χ0v) is 19.9. The van der Waals surface area contributed by atoms with Crippen LogP contribution in [0.5, 0.6) is 11.5 Å². The van der Waals surface area contributed by atoms with E-state index in [1.54, 1.807) is 14.2 Å². The van der Waals surface area contributed by atoms with Gasteiger partial charge in [0, 0.05) is 16.5 Å². The highest BCUT2D eigenvalue weighted by atomic mass is 79.9. The van der Waals surface area contributed by atoms with E-state index in [0.717, 1.165) is 21.3 Å². The van der Waals surface area contributed by atoms with Gasteiger partial charge in [-0.3, -0.25) is 9.59 Å². The molecule has 0 spiro atoms. The number of carbonyl (C=O) groups is 2. The van der Waals surface area contributed by atoms with Crippen LogP contribution in [0.2, 0.25) is 0 Å². The zero-order valence-electron chi connectivity index (χ0n) is 17.5. The molecule has 0 saturated heterocycles. The highest BCUT2D eigenvalue weighted by molar-refractivity contribution is 9.10. The molecular formula is C22H23BrN2O5S. The number of hydrogen-bond acceptors (Lipinski definition) is 7. The molecule has 9 heteroatoms. The Morgan fingerprint density at radius 3 is 2.48 bits per heavy atom. The van der Waals surface area contributed by atoms with Gasteiger partial charge in [0.1, 0.15) is 0 Å². The molecule has 0 unspecified atom stereocenters. The number of hydrogen-bond donors (Lipinski definition) is 0. The summed E-state index contributed by atoms with van der Waals surface area (Å²) in [6.45, 7) is 0. The second-order valence-electron chi connectivity index (χ2n) is 6.66. The van der Waals surface area contributed by atoms with Gasteiger partial charge in [0.2, 0.25) is 0 Å². The standard InChI is InChI=1S/C22H23BrN2O5S/c1-28-19-6-4-5-16(22(19)30-3)18-11-17(14-7-9-15(23)10-8-14)24-25(18)20(26)12-31-13-21(27)29-2/h4-10,18H,11-13H2,1-3H3/t18-/m1/s1. The van der Waals surface area contributed by atoms with Crippen molar-refractivity contribution in [3.63, 3.8) is 0 Å². The van der Waals surface area contributed by atoms with Crippen molar-refractivity contribution in [2.24, 2.45) is 5.10 Å². The molecule has 1 heterocycles. The largest absolute Gasteiger partial charge is 0.493 e. The number of esters is 1. The molecular weight excluding hydrogens is 484 g/mol. The van der Waals surface area contributed by atoms with E-state index in [1.165, 1.54) is 23.9 Å². The van der Waals surface area contributed by atoms with Crippen molar-refractivity contribution in [2.75, 3.05) is 32.8 Å². The molecule has 0 N–H and O–H groups in total. The van der Waals surface area contributed by atoms with Crippen LogP contribution in [0.3, 0.4) is 0 Å². The second kappa shape index (κ2) is 10.7. The fourth-order valence-corrected chi connectivity index (χ4v) is 4.28. The van der Waals surface area contributed by atoms with E-state index >= 15 is 0 Å². The molecule has 2 aromatic carbocycles. The van der Waals surface area contributed by atoms with Crippen LogP contribution >= 0.6 is 27.7 Å². The Kier molecular flexibility index (Phi) is 7.97. The van der Waals surface area contributed by atoms with E-state index in [2.05, 4.69) is 25.8 Å². The van der Waals surface area contributed by atoms with Gasteiger partial charge in [0.05, 0.1) is 44.6 Å². The molecule has 164 valence electrons. The van der Waals surface area contributed by atoms with Crippen LogP contribution in [0.1, 0.15) is 23.6 Å². The molecule has 0 radical (unpaired) electrons. The predicted molar refractivity (Wildman–Crippen MR) is 124 cm³/mol. The molecule has 31 heavy (non-hydrogen) atoms. The molecule has 0 bridgehead atoms. The monoisotopic (exact) mass is 506 g/mol. The first-order chi connectivity index (χ1) is 15.0. The number of nitrogens with zero attached hydrogens (tertiary/aromatic N) is 2. The first-order valence-electron chi connectivity index (χ1n) is 9.49. The number of hydrazone groups is 1. The van der Waals surface area contributed by atoms with Crippen LogP contribution in [-0.2, 0) is 14.3 Å². The van der Waals surface area contributed by atoms with Crippen molar-refractivity contribution >= 4 is 45.3 Å². The second-order valence-corrected chi connectivity index (χ2v) is 8.56. The minimum Gasteiger partial charge on any atom is -0.493 e. The fraction of sp³-hybridized carbons (Fsp3) is 0.318. The summed E-state index contributed by atoms with van der Waals surface area (Å²) >= 11 is 4.64. The smallest absolute Gasteiger partial charge is 0.315 e.